The Hall–Kier alpha value is -3.98. The Morgan fingerprint density at radius 3 is 2.71 bits per heavy atom. The molecule has 1 atom stereocenters. The highest BCUT2D eigenvalue weighted by Crippen LogP contribution is 2.36. The number of hydrogen-bond acceptors (Lipinski definition) is 5. The number of amides is 1. The van der Waals surface area contributed by atoms with E-state index in [2.05, 4.69) is 15.4 Å². The zero-order chi connectivity index (χ0) is 23.7. The minimum Gasteiger partial charge on any atom is -0.305 e. The average Bonchev–Trinajstić information content (AvgIpc) is 3.42. The summed E-state index contributed by atoms with van der Waals surface area (Å²) < 4.78 is 30.1. The molecule has 2 aromatic heterocycles. The first kappa shape index (κ1) is 21.8. The fraction of sp³-hybridized carbons (Fsp3) is 0.160. The normalized spacial score (nSPS) is 15.2. The predicted molar refractivity (Wildman–Crippen MR) is 129 cm³/mol. The standard InChI is InChI=1S/C25H23N5O3S/c1-18-15-19-7-2-3-11-23(19)30(18)34(32,33)22-10-6-8-20(16-22)25(31)27-24-12-14-29(28-24)17-21-9-4-5-13-26-21/h2-14,16,18H,15,17H2,1H3,(H,27,28,31). The van der Waals surface area contributed by atoms with Crippen molar-refractivity contribution in [3.05, 3.63) is 102 Å². The zero-order valence-electron chi connectivity index (χ0n) is 18.5. The Bertz CT molecular complexity index is 1450. The molecule has 8 nitrogen and oxygen atoms in total. The maximum Gasteiger partial charge on any atom is 0.264 e. The molecule has 5 rings (SSSR count). The number of anilines is 2. The molecule has 1 aliphatic rings. The van der Waals surface area contributed by atoms with Crippen LogP contribution in [0, 0.1) is 0 Å². The lowest BCUT2D eigenvalue weighted by Crippen LogP contribution is -2.35. The van der Waals surface area contributed by atoms with E-state index < -0.39 is 15.9 Å². The van der Waals surface area contributed by atoms with Crippen LogP contribution in [0.1, 0.15) is 28.5 Å². The van der Waals surface area contributed by atoms with Crippen molar-refractivity contribution in [3.8, 4) is 0 Å². The number of pyridine rings is 1. The average molecular weight is 474 g/mol. The summed E-state index contributed by atoms with van der Waals surface area (Å²) in [5.41, 5.74) is 2.76. The number of para-hydroxylation sites is 1. The summed E-state index contributed by atoms with van der Waals surface area (Å²) in [6, 6.07) is 20.7. The summed E-state index contributed by atoms with van der Waals surface area (Å²) in [5, 5.41) is 7.10. The third-order valence-electron chi connectivity index (χ3n) is 5.73. The van der Waals surface area contributed by atoms with Gasteiger partial charge in [0.25, 0.3) is 15.9 Å². The van der Waals surface area contributed by atoms with Crippen LogP contribution in [0.5, 0.6) is 0 Å². The topological polar surface area (TPSA) is 97.2 Å². The van der Waals surface area contributed by atoms with E-state index in [1.807, 2.05) is 49.4 Å². The second-order valence-corrected chi connectivity index (χ2v) is 10.00. The molecule has 0 radical (unpaired) electrons. The second kappa shape index (κ2) is 8.75. The van der Waals surface area contributed by atoms with E-state index in [1.54, 1.807) is 35.3 Å². The SMILES string of the molecule is CC1Cc2ccccc2N1S(=O)(=O)c1cccc(C(=O)Nc2ccn(Cc3ccccn3)n2)c1. The molecule has 34 heavy (non-hydrogen) atoms. The minimum atomic E-state index is -3.83. The lowest BCUT2D eigenvalue weighted by Gasteiger charge is -2.24. The van der Waals surface area contributed by atoms with Gasteiger partial charge in [-0.3, -0.25) is 18.8 Å². The highest BCUT2D eigenvalue weighted by Gasteiger charge is 2.36. The number of nitrogens with zero attached hydrogens (tertiary/aromatic N) is 4. The van der Waals surface area contributed by atoms with Crippen LogP contribution in [-0.4, -0.2) is 35.1 Å². The summed E-state index contributed by atoms with van der Waals surface area (Å²) in [5.74, 6) is -0.0636. The molecule has 1 unspecified atom stereocenters. The van der Waals surface area contributed by atoms with Crippen LogP contribution in [0.3, 0.4) is 0 Å². The molecule has 3 heterocycles. The molecule has 1 N–H and O–H groups in total. The first-order valence-electron chi connectivity index (χ1n) is 10.9. The van der Waals surface area contributed by atoms with Gasteiger partial charge in [-0.05, 0) is 55.3 Å². The zero-order valence-corrected chi connectivity index (χ0v) is 19.3. The van der Waals surface area contributed by atoms with Crippen LogP contribution < -0.4 is 9.62 Å². The number of carbonyl (C=O) groups is 1. The quantitative estimate of drug-likeness (QED) is 0.460. The smallest absolute Gasteiger partial charge is 0.264 e. The molecule has 0 saturated carbocycles. The predicted octanol–water partition coefficient (Wildman–Crippen LogP) is 3.72. The second-order valence-electron chi connectivity index (χ2n) is 8.18. The van der Waals surface area contributed by atoms with Crippen molar-refractivity contribution < 1.29 is 13.2 Å². The van der Waals surface area contributed by atoms with E-state index in [4.69, 9.17) is 0 Å². The molecule has 9 heteroatoms. The minimum absolute atomic E-state index is 0.0735. The fourth-order valence-corrected chi connectivity index (χ4v) is 5.92. The van der Waals surface area contributed by atoms with E-state index >= 15 is 0 Å². The lowest BCUT2D eigenvalue weighted by molar-refractivity contribution is 0.102. The molecule has 1 amide bonds. The number of sulfonamides is 1. The van der Waals surface area contributed by atoms with Crippen molar-refractivity contribution >= 4 is 27.4 Å². The van der Waals surface area contributed by atoms with Crippen molar-refractivity contribution in [2.45, 2.75) is 30.8 Å². The molecule has 1 aliphatic heterocycles. The summed E-state index contributed by atoms with van der Waals surface area (Å²) in [6.07, 6.45) is 4.11. The Balaban J connectivity index is 1.35. The number of fused-ring (bicyclic) bond motifs is 1. The van der Waals surface area contributed by atoms with E-state index in [0.717, 1.165) is 11.3 Å². The third kappa shape index (κ3) is 4.17. The largest absolute Gasteiger partial charge is 0.305 e. The summed E-state index contributed by atoms with van der Waals surface area (Å²) in [7, 11) is -3.83. The summed E-state index contributed by atoms with van der Waals surface area (Å²) in [4.78, 5) is 17.2. The van der Waals surface area contributed by atoms with Crippen molar-refractivity contribution in [3.63, 3.8) is 0 Å². The maximum atomic E-state index is 13.5. The van der Waals surface area contributed by atoms with Gasteiger partial charge in [0.15, 0.2) is 5.82 Å². The molecule has 172 valence electrons. The summed E-state index contributed by atoms with van der Waals surface area (Å²) >= 11 is 0. The van der Waals surface area contributed by atoms with Gasteiger partial charge in [-0.2, -0.15) is 5.10 Å². The number of nitrogens with one attached hydrogen (secondary N) is 1. The molecule has 2 aromatic carbocycles. The molecule has 0 aliphatic carbocycles. The Morgan fingerprint density at radius 1 is 1.06 bits per heavy atom. The highest BCUT2D eigenvalue weighted by molar-refractivity contribution is 7.92. The third-order valence-corrected chi connectivity index (χ3v) is 7.65. The first-order chi connectivity index (χ1) is 16.4. The van der Waals surface area contributed by atoms with Gasteiger partial charge >= 0.3 is 0 Å². The van der Waals surface area contributed by atoms with Crippen molar-refractivity contribution in [1.29, 1.82) is 0 Å². The Kier molecular flexibility index (Phi) is 5.62. The number of rotatable bonds is 6. The number of aromatic nitrogens is 3. The van der Waals surface area contributed by atoms with Gasteiger partial charge in [-0.25, -0.2) is 8.42 Å². The van der Waals surface area contributed by atoms with Gasteiger partial charge in [0.2, 0.25) is 0 Å². The maximum absolute atomic E-state index is 13.5. The fourth-order valence-electron chi connectivity index (χ4n) is 4.18. The van der Waals surface area contributed by atoms with Crippen LogP contribution in [0.2, 0.25) is 0 Å². The van der Waals surface area contributed by atoms with Crippen molar-refractivity contribution in [2.75, 3.05) is 9.62 Å². The molecule has 4 aromatic rings. The molecule has 0 spiro atoms. The number of benzene rings is 2. The van der Waals surface area contributed by atoms with Gasteiger partial charge in [0, 0.05) is 30.1 Å². The highest BCUT2D eigenvalue weighted by atomic mass is 32.2. The number of hydrogen-bond donors (Lipinski definition) is 1. The summed E-state index contributed by atoms with van der Waals surface area (Å²) in [6.45, 7) is 2.36. The van der Waals surface area contributed by atoms with Gasteiger partial charge in [0.1, 0.15) is 0 Å². The van der Waals surface area contributed by atoms with E-state index in [-0.39, 0.29) is 16.5 Å². The van der Waals surface area contributed by atoms with Gasteiger partial charge in [-0.15, -0.1) is 0 Å². The van der Waals surface area contributed by atoms with Crippen molar-refractivity contribution in [2.24, 2.45) is 0 Å². The van der Waals surface area contributed by atoms with E-state index in [9.17, 15) is 13.2 Å². The van der Waals surface area contributed by atoms with Crippen LogP contribution >= 0.6 is 0 Å². The van der Waals surface area contributed by atoms with Gasteiger partial charge in [0.05, 0.1) is 22.8 Å². The van der Waals surface area contributed by atoms with Gasteiger partial charge in [-0.1, -0.05) is 30.3 Å². The van der Waals surface area contributed by atoms with Crippen LogP contribution in [0.15, 0.2) is 90.1 Å². The molecule has 0 fully saturated rings. The number of carbonyl (C=O) groups excluding carboxylic acids is 1. The lowest BCUT2D eigenvalue weighted by atomic mass is 10.1. The Labute approximate surface area is 197 Å². The Morgan fingerprint density at radius 2 is 1.88 bits per heavy atom. The van der Waals surface area contributed by atoms with Gasteiger partial charge < -0.3 is 5.32 Å². The molecular weight excluding hydrogens is 450 g/mol. The van der Waals surface area contributed by atoms with Crippen LogP contribution in [-0.2, 0) is 23.0 Å². The van der Waals surface area contributed by atoms with E-state index in [1.165, 1.54) is 16.4 Å². The molecular formula is C25H23N5O3S. The van der Waals surface area contributed by atoms with Crippen LogP contribution in [0.4, 0.5) is 11.5 Å². The molecule has 0 bridgehead atoms. The van der Waals surface area contributed by atoms with Crippen LogP contribution in [0.25, 0.3) is 0 Å². The monoisotopic (exact) mass is 473 g/mol. The van der Waals surface area contributed by atoms with Crippen molar-refractivity contribution in [1.82, 2.24) is 14.8 Å². The van der Waals surface area contributed by atoms with E-state index in [0.29, 0.717) is 24.5 Å². The first-order valence-corrected chi connectivity index (χ1v) is 12.3. The molecule has 0 saturated heterocycles.